The number of rotatable bonds is 4. The van der Waals surface area contributed by atoms with Gasteiger partial charge in [-0.2, -0.15) is 0 Å². The van der Waals surface area contributed by atoms with Crippen LogP contribution in [0.5, 0.6) is 0 Å². The van der Waals surface area contributed by atoms with Gasteiger partial charge in [-0.25, -0.2) is 0 Å². The van der Waals surface area contributed by atoms with Crippen LogP contribution in [0.15, 0.2) is 54.6 Å². The van der Waals surface area contributed by atoms with E-state index in [1.165, 1.54) is 5.56 Å². The zero-order chi connectivity index (χ0) is 18.0. The molecule has 26 heavy (non-hydrogen) atoms. The first kappa shape index (κ1) is 17.1. The van der Waals surface area contributed by atoms with E-state index in [9.17, 15) is 4.79 Å². The van der Waals surface area contributed by atoms with E-state index in [4.69, 9.17) is 16.3 Å². The zero-order valence-corrected chi connectivity index (χ0v) is 15.2. The highest BCUT2D eigenvalue weighted by atomic mass is 35.5. The van der Waals surface area contributed by atoms with Gasteiger partial charge in [0.25, 0.3) is 5.91 Å². The lowest BCUT2D eigenvalue weighted by Crippen LogP contribution is -2.44. The molecule has 0 atom stereocenters. The maximum Gasteiger partial charge on any atom is 0.267 e. The fourth-order valence-electron chi connectivity index (χ4n) is 3.67. The van der Waals surface area contributed by atoms with Gasteiger partial charge in [-0.1, -0.05) is 41.9 Å². The minimum Gasteiger partial charge on any atom is -0.381 e. The third-order valence-corrected chi connectivity index (χ3v) is 5.52. The smallest absolute Gasteiger partial charge is 0.267 e. The predicted octanol–water partition coefficient (Wildman–Crippen LogP) is 4.30. The van der Waals surface area contributed by atoms with E-state index >= 15 is 0 Å². The van der Waals surface area contributed by atoms with Gasteiger partial charge in [0.15, 0.2) is 0 Å². The fraction of sp³-hybridized carbons (Fsp3) is 0.286. The summed E-state index contributed by atoms with van der Waals surface area (Å²) in [6.45, 7) is 1.97. The van der Waals surface area contributed by atoms with E-state index < -0.39 is 0 Å². The largest absolute Gasteiger partial charge is 0.381 e. The van der Waals surface area contributed by atoms with E-state index in [1.54, 1.807) is 0 Å². The van der Waals surface area contributed by atoms with Crippen molar-refractivity contribution in [2.24, 2.45) is 0 Å². The number of para-hydroxylation sites is 1. The van der Waals surface area contributed by atoms with Gasteiger partial charge < -0.3 is 15.0 Å². The summed E-state index contributed by atoms with van der Waals surface area (Å²) < 4.78 is 5.56. The van der Waals surface area contributed by atoms with Crippen LogP contribution in [0.2, 0.25) is 5.02 Å². The van der Waals surface area contributed by atoms with Crippen LogP contribution in [0.25, 0.3) is 10.9 Å². The molecule has 4 rings (SSSR count). The quantitative estimate of drug-likeness (QED) is 0.721. The molecule has 2 N–H and O–H groups in total. The number of fused-ring (bicyclic) bond motifs is 1. The molecule has 1 saturated heterocycles. The standard InChI is InChI=1S/C21H21ClN2O2/c22-17-7-5-16(6-8-17)21(9-11-26-12-10-21)14-23-20(25)19-13-15-3-1-2-4-18(15)24-19/h1-8,13,24H,9-12,14H2,(H,23,25). The minimum absolute atomic E-state index is 0.0824. The predicted molar refractivity (Wildman–Crippen MR) is 104 cm³/mol. The topological polar surface area (TPSA) is 54.1 Å². The summed E-state index contributed by atoms with van der Waals surface area (Å²) >= 11 is 6.04. The number of carbonyl (C=O) groups excluding carboxylic acids is 1. The summed E-state index contributed by atoms with van der Waals surface area (Å²) in [4.78, 5) is 15.9. The first-order valence-corrected chi connectivity index (χ1v) is 9.24. The van der Waals surface area contributed by atoms with Gasteiger partial charge in [0, 0.05) is 41.1 Å². The average molecular weight is 369 g/mol. The lowest BCUT2D eigenvalue weighted by Gasteiger charge is -2.38. The molecule has 0 bridgehead atoms. The van der Waals surface area contributed by atoms with Gasteiger partial charge in [-0.05, 0) is 42.7 Å². The Labute approximate surface area is 157 Å². The second kappa shape index (κ2) is 7.14. The SMILES string of the molecule is O=C(NCC1(c2ccc(Cl)cc2)CCOCC1)c1cc2ccccc2[nH]1. The number of hydrogen-bond donors (Lipinski definition) is 2. The summed E-state index contributed by atoms with van der Waals surface area (Å²) in [5.41, 5.74) is 2.63. The van der Waals surface area contributed by atoms with Gasteiger partial charge in [-0.15, -0.1) is 0 Å². The maximum atomic E-state index is 12.7. The Morgan fingerprint density at radius 2 is 1.85 bits per heavy atom. The summed E-state index contributed by atoms with van der Waals surface area (Å²) in [7, 11) is 0. The van der Waals surface area contributed by atoms with Gasteiger partial charge in [0.1, 0.15) is 5.69 Å². The Balaban J connectivity index is 1.54. The van der Waals surface area contributed by atoms with Crippen molar-refractivity contribution >= 4 is 28.4 Å². The molecule has 1 aromatic heterocycles. The number of ether oxygens (including phenoxy) is 1. The lowest BCUT2D eigenvalue weighted by molar-refractivity contribution is 0.0487. The van der Waals surface area contributed by atoms with Gasteiger partial charge in [0.05, 0.1) is 0 Å². The molecule has 4 nitrogen and oxygen atoms in total. The lowest BCUT2D eigenvalue weighted by atomic mass is 9.74. The van der Waals surface area contributed by atoms with Gasteiger partial charge >= 0.3 is 0 Å². The molecular formula is C21H21ClN2O2. The van der Waals surface area contributed by atoms with Crippen molar-refractivity contribution in [1.82, 2.24) is 10.3 Å². The van der Waals surface area contributed by atoms with Crippen molar-refractivity contribution in [3.8, 4) is 0 Å². The maximum absolute atomic E-state index is 12.7. The summed E-state index contributed by atoms with van der Waals surface area (Å²) in [6, 6.07) is 17.7. The fourth-order valence-corrected chi connectivity index (χ4v) is 3.80. The summed E-state index contributed by atoms with van der Waals surface area (Å²) in [5, 5.41) is 4.88. The molecule has 2 aromatic carbocycles. The van der Waals surface area contributed by atoms with Crippen LogP contribution in [0, 0.1) is 0 Å². The van der Waals surface area contributed by atoms with Crippen molar-refractivity contribution in [1.29, 1.82) is 0 Å². The molecule has 0 saturated carbocycles. The zero-order valence-electron chi connectivity index (χ0n) is 14.4. The summed E-state index contributed by atoms with van der Waals surface area (Å²) in [6.07, 6.45) is 1.75. The second-order valence-corrected chi connectivity index (χ2v) is 7.29. The van der Waals surface area contributed by atoms with Crippen LogP contribution in [0.4, 0.5) is 0 Å². The Kier molecular flexibility index (Phi) is 4.70. The highest BCUT2D eigenvalue weighted by Gasteiger charge is 2.35. The Hall–Kier alpha value is -2.30. The van der Waals surface area contributed by atoms with E-state index in [-0.39, 0.29) is 11.3 Å². The molecule has 3 aromatic rings. The normalized spacial score (nSPS) is 16.5. The van der Waals surface area contributed by atoms with Gasteiger partial charge in [-0.3, -0.25) is 4.79 Å². The molecule has 1 aliphatic heterocycles. The van der Waals surface area contributed by atoms with Crippen LogP contribution >= 0.6 is 11.6 Å². The third-order valence-electron chi connectivity index (χ3n) is 5.27. The van der Waals surface area contributed by atoms with Crippen LogP contribution in [-0.4, -0.2) is 30.6 Å². The molecule has 1 aliphatic rings. The highest BCUT2D eigenvalue weighted by molar-refractivity contribution is 6.30. The van der Waals surface area contributed by atoms with Crippen LogP contribution in [0.3, 0.4) is 0 Å². The number of aromatic nitrogens is 1. The molecule has 0 aliphatic carbocycles. The number of halogens is 1. The van der Waals surface area contributed by atoms with Crippen LogP contribution in [-0.2, 0) is 10.2 Å². The first-order chi connectivity index (χ1) is 12.7. The number of amides is 1. The Bertz CT molecular complexity index is 878. The van der Waals surface area contributed by atoms with E-state index in [0.29, 0.717) is 25.5 Å². The van der Waals surface area contributed by atoms with E-state index in [0.717, 1.165) is 28.8 Å². The minimum atomic E-state index is -0.121. The molecule has 1 fully saturated rings. The molecule has 0 unspecified atom stereocenters. The monoisotopic (exact) mass is 368 g/mol. The summed E-state index contributed by atoms with van der Waals surface area (Å²) in [5.74, 6) is -0.0824. The highest BCUT2D eigenvalue weighted by Crippen LogP contribution is 2.35. The number of carbonyl (C=O) groups is 1. The molecule has 2 heterocycles. The first-order valence-electron chi connectivity index (χ1n) is 8.86. The number of aromatic amines is 1. The number of nitrogens with one attached hydrogen (secondary N) is 2. The molecule has 134 valence electrons. The Morgan fingerprint density at radius 3 is 2.58 bits per heavy atom. The number of H-pyrrole nitrogens is 1. The molecule has 0 radical (unpaired) electrons. The van der Waals surface area contributed by atoms with E-state index in [1.807, 2.05) is 42.5 Å². The van der Waals surface area contributed by atoms with E-state index in [2.05, 4.69) is 22.4 Å². The van der Waals surface area contributed by atoms with Crippen molar-refractivity contribution in [2.75, 3.05) is 19.8 Å². The van der Waals surface area contributed by atoms with Crippen molar-refractivity contribution in [3.63, 3.8) is 0 Å². The molecular weight excluding hydrogens is 348 g/mol. The van der Waals surface area contributed by atoms with Crippen molar-refractivity contribution in [3.05, 3.63) is 70.9 Å². The van der Waals surface area contributed by atoms with Crippen molar-refractivity contribution < 1.29 is 9.53 Å². The second-order valence-electron chi connectivity index (χ2n) is 6.85. The average Bonchev–Trinajstić information content (AvgIpc) is 3.12. The van der Waals surface area contributed by atoms with Gasteiger partial charge in [0.2, 0.25) is 0 Å². The van der Waals surface area contributed by atoms with Crippen LogP contribution in [0.1, 0.15) is 28.9 Å². The number of benzene rings is 2. The molecule has 1 amide bonds. The molecule has 5 heteroatoms. The number of hydrogen-bond acceptors (Lipinski definition) is 2. The third kappa shape index (κ3) is 3.35. The van der Waals surface area contributed by atoms with Crippen molar-refractivity contribution in [2.45, 2.75) is 18.3 Å². The Morgan fingerprint density at radius 1 is 1.12 bits per heavy atom. The van der Waals surface area contributed by atoms with Crippen LogP contribution < -0.4 is 5.32 Å². The molecule has 0 spiro atoms.